The van der Waals surface area contributed by atoms with Gasteiger partial charge in [0, 0.05) is 0 Å². The fourth-order valence-electron chi connectivity index (χ4n) is 0.864. The molecular weight excluding hydrogens is 216 g/mol. The van der Waals surface area contributed by atoms with Crippen LogP contribution in [0, 0.1) is 0 Å². The van der Waals surface area contributed by atoms with Gasteiger partial charge in [-0.05, 0) is 6.92 Å². The molecule has 0 radical (unpaired) electrons. The largest absolute Gasteiger partial charge is 0.479 e. The Hall–Kier alpha value is -1.96. The molecule has 3 N–H and O–H groups in total. The number of aliphatic carboxylic acids is 1. The average molecular weight is 228 g/mol. The van der Waals surface area contributed by atoms with Crippen molar-refractivity contribution in [2.45, 2.75) is 19.1 Å². The van der Waals surface area contributed by atoms with Crippen LogP contribution in [-0.2, 0) is 16.1 Å². The van der Waals surface area contributed by atoms with Crippen molar-refractivity contribution in [1.82, 2.24) is 20.1 Å². The molecule has 0 aromatic carbocycles. The third kappa shape index (κ3) is 3.31. The zero-order valence-corrected chi connectivity index (χ0v) is 8.62. The van der Waals surface area contributed by atoms with E-state index in [1.807, 2.05) is 0 Å². The molecule has 0 saturated carbocycles. The first-order valence-electron chi connectivity index (χ1n) is 4.47. The third-order valence-corrected chi connectivity index (χ3v) is 1.86. The van der Waals surface area contributed by atoms with Crippen LogP contribution < -0.4 is 5.32 Å². The fraction of sp³-hybridized carbons (Fsp3) is 0.500. The molecule has 1 rings (SSSR count). The summed E-state index contributed by atoms with van der Waals surface area (Å²) in [6.45, 7) is 0.663. The number of hydrogen-bond acceptors (Lipinski definition) is 5. The third-order valence-electron chi connectivity index (χ3n) is 1.86. The van der Waals surface area contributed by atoms with Gasteiger partial charge < -0.3 is 15.5 Å². The topological polar surface area (TPSA) is 117 Å². The maximum Gasteiger partial charge on any atom is 0.337 e. The summed E-state index contributed by atoms with van der Waals surface area (Å²) in [5.74, 6) is -1.85. The number of carbonyl (C=O) groups excluding carboxylic acids is 1. The Balaban J connectivity index is 2.39. The fourth-order valence-corrected chi connectivity index (χ4v) is 0.864. The average Bonchev–Trinajstić information content (AvgIpc) is 2.67. The Morgan fingerprint density at radius 3 is 2.75 bits per heavy atom. The van der Waals surface area contributed by atoms with E-state index in [0.717, 1.165) is 6.92 Å². The summed E-state index contributed by atoms with van der Waals surface area (Å²) in [6, 6.07) is 0. The Bertz CT molecular complexity index is 373. The SMILES string of the molecule is CC(O)(CNC(=O)Cn1cncn1)C(=O)O. The van der Waals surface area contributed by atoms with E-state index in [9.17, 15) is 14.7 Å². The number of carboxylic acid groups (broad SMARTS) is 1. The van der Waals surface area contributed by atoms with Crippen molar-refractivity contribution >= 4 is 11.9 Å². The summed E-state index contributed by atoms with van der Waals surface area (Å²) >= 11 is 0. The van der Waals surface area contributed by atoms with Crippen molar-refractivity contribution in [3.05, 3.63) is 12.7 Å². The Morgan fingerprint density at radius 2 is 2.25 bits per heavy atom. The molecule has 8 nitrogen and oxygen atoms in total. The molecule has 1 heterocycles. The second kappa shape index (κ2) is 4.71. The molecule has 0 saturated heterocycles. The number of nitrogens with one attached hydrogen (secondary N) is 1. The highest BCUT2D eigenvalue weighted by atomic mass is 16.4. The van der Waals surface area contributed by atoms with E-state index in [-0.39, 0.29) is 13.1 Å². The summed E-state index contributed by atoms with van der Waals surface area (Å²) in [5, 5.41) is 23.9. The van der Waals surface area contributed by atoms with Crippen molar-refractivity contribution in [2.24, 2.45) is 0 Å². The van der Waals surface area contributed by atoms with Crippen LogP contribution in [0.1, 0.15) is 6.92 Å². The molecule has 16 heavy (non-hydrogen) atoms. The molecule has 8 heteroatoms. The monoisotopic (exact) mass is 228 g/mol. The molecule has 0 fully saturated rings. The standard InChI is InChI=1S/C8H12N4O4/c1-8(16,7(14)15)3-10-6(13)2-12-5-9-4-11-12/h4-5,16H,2-3H2,1H3,(H,10,13)(H,14,15). The van der Waals surface area contributed by atoms with E-state index in [1.54, 1.807) is 0 Å². The van der Waals surface area contributed by atoms with Crippen LogP contribution in [0.3, 0.4) is 0 Å². The molecule has 0 spiro atoms. The minimum atomic E-state index is -1.97. The predicted octanol–water partition coefficient (Wildman–Crippen LogP) is -1.77. The molecule has 0 aliphatic heterocycles. The maximum atomic E-state index is 11.3. The number of carboxylic acids is 1. The summed E-state index contributed by atoms with van der Waals surface area (Å²) < 4.78 is 1.28. The molecule has 1 atom stereocenters. The van der Waals surface area contributed by atoms with Gasteiger partial charge in [-0.2, -0.15) is 5.10 Å². The first-order chi connectivity index (χ1) is 7.42. The van der Waals surface area contributed by atoms with Gasteiger partial charge in [0.15, 0.2) is 5.60 Å². The van der Waals surface area contributed by atoms with Gasteiger partial charge in [0.2, 0.25) is 5.91 Å². The number of rotatable bonds is 5. The molecule has 1 unspecified atom stereocenters. The van der Waals surface area contributed by atoms with Crippen LogP contribution in [0.2, 0.25) is 0 Å². The number of aromatic nitrogens is 3. The van der Waals surface area contributed by atoms with Crippen molar-refractivity contribution in [3.63, 3.8) is 0 Å². The zero-order chi connectivity index (χ0) is 12.2. The highest BCUT2D eigenvalue weighted by Gasteiger charge is 2.30. The van der Waals surface area contributed by atoms with E-state index in [1.165, 1.54) is 17.3 Å². The zero-order valence-electron chi connectivity index (χ0n) is 8.62. The van der Waals surface area contributed by atoms with Crippen LogP contribution in [0.5, 0.6) is 0 Å². The quantitative estimate of drug-likeness (QED) is 0.549. The molecule has 0 aliphatic rings. The smallest absolute Gasteiger partial charge is 0.337 e. The summed E-state index contributed by atoms with van der Waals surface area (Å²) in [5.41, 5.74) is -1.97. The number of carbonyl (C=O) groups is 2. The van der Waals surface area contributed by atoms with Gasteiger partial charge in [-0.1, -0.05) is 0 Å². The van der Waals surface area contributed by atoms with E-state index in [4.69, 9.17) is 5.11 Å². The highest BCUT2D eigenvalue weighted by Crippen LogP contribution is 2.00. The molecule has 0 bridgehead atoms. The van der Waals surface area contributed by atoms with Crippen LogP contribution in [0.15, 0.2) is 12.7 Å². The van der Waals surface area contributed by atoms with Crippen LogP contribution >= 0.6 is 0 Å². The normalized spacial score (nSPS) is 14.1. The Kier molecular flexibility index (Phi) is 3.56. The van der Waals surface area contributed by atoms with E-state index in [2.05, 4.69) is 15.4 Å². The van der Waals surface area contributed by atoms with Crippen molar-refractivity contribution in [3.8, 4) is 0 Å². The van der Waals surface area contributed by atoms with Gasteiger partial charge >= 0.3 is 5.97 Å². The first kappa shape index (κ1) is 12.1. The van der Waals surface area contributed by atoms with Gasteiger partial charge in [0.05, 0.1) is 6.54 Å². The molecular formula is C8H12N4O4. The van der Waals surface area contributed by atoms with Gasteiger partial charge in [-0.25, -0.2) is 14.5 Å². The number of aliphatic hydroxyl groups is 1. The van der Waals surface area contributed by atoms with E-state index >= 15 is 0 Å². The summed E-state index contributed by atoms with van der Waals surface area (Å²) in [4.78, 5) is 25.4. The lowest BCUT2D eigenvalue weighted by Gasteiger charge is -2.18. The van der Waals surface area contributed by atoms with Crippen molar-refractivity contribution in [2.75, 3.05) is 6.54 Å². The second-order valence-corrected chi connectivity index (χ2v) is 3.45. The first-order valence-corrected chi connectivity index (χ1v) is 4.47. The van der Waals surface area contributed by atoms with E-state index < -0.39 is 17.5 Å². The van der Waals surface area contributed by atoms with Gasteiger partial charge in [0.1, 0.15) is 19.2 Å². The van der Waals surface area contributed by atoms with Gasteiger partial charge in [-0.15, -0.1) is 0 Å². The highest BCUT2D eigenvalue weighted by molar-refractivity contribution is 5.80. The second-order valence-electron chi connectivity index (χ2n) is 3.45. The van der Waals surface area contributed by atoms with Crippen LogP contribution in [0.25, 0.3) is 0 Å². The Morgan fingerprint density at radius 1 is 1.56 bits per heavy atom. The molecule has 1 aromatic heterocycles. The number of amides is 1. The summed E-state index contributed by atoms with van der Waals surface area (Å²) in [7, 11) is 0. The lowest BCUT2D eigenvalue weighted by atomic mass is 10.1. The van der Waals surface area contributed by atoms with E-state index in [0.29, 0.717) is 0 Å². The van der Waals surface area contributed by atoms with Crippen molar-refractivity contribution in [1.29, 1.82) is 0 Å². The summed E-state index contributed by atoms with van der Waals surface area (Å²) in [6.07, 6.45) is 2.63. The number of hydrogen-bond donors (Lipinski definition) is 3. The minimum Gasteiger partial charge on any atom is -0.479 e. The van der Waals surface area contributed by atoms with Gasteiger partial charge in [0.25, 0.3) is 0 Å². The Labute approximate surface area is 90.9 Å². The molecule has 1 amide bonds. The van der Waals surface area contributed by atoms with Crippen LogP contribution in [0.4, 0.5) is 0 Å². The van der Waals surface area contributed by atoms with Crippen LogP contribution in [-0.4, -0.2) is 49.0 Å². The van der Waals surface area contributed by atoms with Crippen molar-refractivity contribution < 1.29 is 19.8 Å². The lowest BCUT2D eigenvalue weighted by molar-refractivity contribution is -0.156. The molecule has 1 aromatic rings. The number of nitrogens with zero attached hydrogens (tertiary/aromatic N) is 3. The predicted molar refractivity (Wildman–Crippen MR) is 51.3 cm³/mol. The molecule has 0 aliphatic carbocycles. The lowest BCUT2D eigenvalue weighted by Crippen LogP contribution is -2.47. The molecule has 88 valence electrons. The maximum absolute atomic E-state index is 11.3. The minimum absolute atomic E-state index is 0.0737. The van der Waals surface area contributed by atoms with Gasteiger partial charge in [-0.3, -0.25) is 4.79 Å².